The third-order valence-electron chi connectivity index (χ3n) is 8.05. The zero-order valence-electron chi connectivity index (χ0n) is 24.9. The maximum absolute atomic E-state index is 14.0. The third-order valence-corrected chi connectivity index (χ3v) is 8.30. The Hall–Kier alpha value is -5.74. The van der Waals surface area contributed by atoms with Gasteiger partial charge in [-0.15, -0.1) is 5.10 Å². The van der Waals surface area contributed by atoms with Gasteiger partial charge in [0.1, 0.15) is 17.3 Å². The molecule has 9 nitrogen and oxygen atoms in total. The summed E-state index contributed by atoms with van der Waals surface area (Å²) in [5.74, 6) is -0.927. The Morgan fingerprint density at radius 1 is 0.936 bits per heavy atom. The van der Waals surface area contributed by atoms with Gasteiger partial charge in [0.05, 0.1) is 36.7 Å². The van der Waals surface area contributed by atoms with Crippen molar-refractivity contribution in [1.82, 2.24) is 20.3 Å². The third kappa shape index (κ3) is 6.36. The first-order valence-corrected chi connectivity index (χ1v) is 15.2. The van der Waals surface area contributed by atoms with Crippen molar-refractivity contribution in [2.45, 2.75) is 19.1 Å². The summed E-state index contributed by atoms with van der Waals surface area (Å²) in [5, 5.41) is 14.5. The van der Waals surface area contributed by atoms with Crippen LogP contribution in [0.2, 0.25) is 5.02 Å². The smallest absolute Gasteiger partial charge is 0.265 e. The van der Waals surface area contributed by atoms with Crippen molar-refractivity contribution in [3.63, 3.8) is 0 Å². The molecule has 0 spiro atoms. The maximum Gasteiger partial charge on any atom is 0.265 e. The molecule has 5 aromatic carbocycles. The molecular formula is C36H28ClFN6O3. The second-order valence-corrected chi connectivity index (χ2v) is 11.7. The summed E-state index contributed by atoms with van der Waals surface area (Å²) in [5.41, 5.74) is 9.71. The topological polar surface area (TPSA) is 115 Å². The van der Waals surface area contributed by atoms with E-state index in [0.717, 1.165) is 27.5 Å². The molecule has 2 heterocycles. The maximum atomic E-state index is 14.0. The lowest BCUT2D eigenvalue weighted by molar-refractivity contribution is -0.121. The minimum absolute atomic E-state index is 0.0867. The van der Waals surface area contributed by atoms with E-state index in [1.165, 1.54) is 17.0 Å². The van der Waals surface area contributed by atoms with Crippen LogP contribution in [0.4, 0.5) is 15.8 Å². The molecule has 11 heteroatoms. The second-order valence-electron chi connectivity index (χ2n) is 11.3. The highest BCUT2D eigenvalue weighted by atomic mass is 35.5. The summed E-state index contributed by atoms with van der Waals surface area (Å²) < 4.78 is 21.0. The van der Waals surface area contributed by atoms with Crippen LogP contribution in [0.3, 0.4) is 0 Å². The quantitative estimate of drug-likeness (QED) is 0.188. The fourth-order valence-corrected chi connectivity index (χ4v) is 5.80. The summed E-state index contributed by atoms with van der Waals surface area (Å²) >= 11 is 6.18. The highest BCUT2D eigenvalue weighted by molar-refractivity contribution is 6.30. The van der Waals surface area contributed by atoms with Crippen molar-refractivity contribution >= 4 is 45.6 Å². The summed E-state index contributed by atoms with van der Waals surface area (Å²) in [4.78, 5) is 27.8. The fraction of sp³-hybridized carbons (Fsp3) is 0.111. The van der Waals surface area contributed by atoms with Crippen LogP contribution < -0.4 is 20.7 Å². The van der Waals surface area contributed by atoms with Crippen molar-refractivity contribution in [1.29, 1.82) is 0 Å². The zero-order valence-corrected chi connectivity index (χ0v) is 25.7. The van der Waals surface area contributed by atoms with Gasteiger partial charge in [-0.2, -0.15) is 0 Å². The summed E-state index contributed by atoms with van der Waals surface area (Å²) in [6, 6.07) is 31.1. The number of ether oxygens (including phenoxy) is 1. The van der Waals surface area contributed by atoms with Crippen molar-refractivity contribution in [3.8, 4) is 5.75 Å². The normalized spacial score (nSPS) is 13.2. The molecule has 1 unspecified atom stereocenters. The average Bonchev–Trinajstić information content (AvgIpc) is 3.52. The molecule has 6 aromatic rings. The van der Waals surface area contributed by atoms with E-state index >= 15 is 0 Å². The number of anilines is 2. The second kappa shape index (κ2) is 12.6. The first-order valence-electron chi connectivity index (χ1n) is 14.9. The lowest BCUT2D eigenvalue weighted by atomic mass is 9.95. The summed E-state index contributed by atoms with van der Waals surface area (Å²) in [6.45, 7) is 0.216. The lowest BCUT2D eigenvalue weighted by Gasteiger charge is -2.29. The van der Waals surface area contributed by atoms with Gasteiger partial charge in [0.15, 0.2) is 6.61 Å². The average molecular weight is 647 g/mol. The molecule has 1 aromatic heterocycles. The molecular weight excluding hydrogens is 619 g/mol. The number of rotatable bonds is 8. The highest BCUT2D eigenvalue weighted by Gasteiger charge is 2.28. The summed E-state index contributed by atoms with van der Waals surface area (Å²) in [6.07, 6.45) is 1.72. The van der Waals surface area contributed by atoms with Gasteiger partial charge in [0, 0.05) is 16.7 Å². The minimum atomic E-state index is -0.617. The van der Waals surface area contributed by atoms with E-state index in [1.807, 2.05) is 66.7 Å². The van der Waals surface area contributed by atoms with E-state index in [4.69, 9.17) is 22.1 Å². The van der Waals surface area contributed by atoms with Gasteiger partial charge in [-0.25, -0.2) is 9.07 Å². The van der Waals surface area contributed by atoms with Crippen LogP contribution in [0.5, 0.6) is 5.75 Å². The highest BCUT2D eigenvalue weighted by Crippen LogP contribution is 2.36. The van der Waals surface area contributed by atoms with E-state index < -0.39 is 11.9 Å². The number of benzene rings is 5. The van der Waals surface area contributed by atoms with Crippen LogP contribution in [0.25, 0.3) is 10.8 Å². The predicted molar refractivity (Wildman–Crippen MR) is 178 cm³/mol. The molecule has 7 rings (SSSR count). The number of hydrogen-bond acceptors (Lipinski definition) is 6. The van der Waals surface area contributed by atoms with E-state index in [9.17, 15) is 14.0 Å². The van der Waals surface area contributed by atoms with Crippen LogP contribution in [0.15, 0.2) is 109 Å². The van der Waals surface area contributed by atoms with Gasteiger partial charge in [-0.05, 0) is 63.9 Å². The van der Waals surface area contributed by atoms with Crippen LogP contribution in [0, 0.1) is 5.82 Å². The van der Waals surface area contributed by atoms with Crippen molar-refractivity contribution in [2.75, 3.05) is 17.2 Å². The number of nitrogens with one attached hydrogen (secondary N) is 1. The number of nitrogens with two attached hydrogens (primary N) is 1. The molecule has 0 bridgehead atoms. The zero-order chi connectivity index (χ0) is 32.5. The number of nitrogens with zero attached hydrogens (tertiary/aromatic N) is 4. The monoisotopic (exact) mass is 646 g/mol. The molecule has 0 saturated heterocycles. The Labute approximate surface area is 274 Å². The van der Waals surface area contributed by atoms with Crippen molar-refractivity contribution < 1.29 is 18.7 Å². The van der Waals surface area contributed by atoms with E-state index in [0.29, 0.717) is 28.5 Å². The molecule has 3 N–H and O–H groups in total. The molecule has 234 valence electrons. The minimum Gasteiger partial charge on any atom is -0.481 e. The molecule has 0 aliphatic carbocycles. The SMILES string of the molecule is Nc1cc2c(cc1F)OCC(=O)N2Cc1cn(Cc2cccc(C(=O)NC(c3ccc(Cl)cc3)c3ccc4ccccc4c3)c2)nn1. The van der Waals surface area contributed by atoms with Gasteiger partial charge in [-0.3, -0.25) is 14.5 Å². The number of amides is 2. The number of fused-ring (bicyclic) bond motifs is 2. The van der Waals surface area contributed by atoms with Gasteiger partial charge >= 0.3 is 0 Å². The number of hydrogen-bond donors (Lipinski definition) is 2. The number of carbonyl (C=O) groups is 2. The summed E-state index contributed by atoms with van der Waals surface area (Å²) in [7, 11) is 0. The Bertz CT molecular complexity index is 2130. The van der Waals surface area contributed by atoms with Crippen molar-refractivity contribution in [2.24, 2.45) is 0 Å². The largest absolute Gasteiger partial charge is 0.481 e. The molecule has 0 fully saturated rings. The number of nitrogen functional groups attached to an aromatic ring is 1. The van der Waals surface area contributed by atoms with Gasteiger partial charge in [0.25, 0.3) is 11.8 Å². The predicted octanol–water partition coefficient (Wildman–Crippen LogP) is 6.30. The van der Waals surface area contributed by atoms with Gasteiger partial charge in [-0.1, -0.05) is 77.5 Å². The Morgan fingerprint density at radius 3 is 2.55 bits per heavy atom. The van der Waals surface area contributed by atoms with E-state index in [1.54, 1.807) is 16.9 Å². The molecule has 0 saturated carbocycles. The molecule has 47 heavy (non-hydrogen) atoms. The molecule has 1 atom stereocenters. The number of aromatic nitrogens is 3. The molecule has 1 aliphatic heterocycles. The Balaban J connectivity index is 1.09. The molecule has 1 aliphatic rings. The molecule has 0 radical (unpaired) electrons. The number of halogens is 2. The lowest BCUT2D eigenvalue weighted by Crippen LogP contribution is -2.38. The Morgan fingerprint density at radius 2 is 1.72 bits per heavy atom. The Kier molecular flexibility index (Phi) is 8.01. The van der Waals surface area contributed by atoms with E-state index in [-0.39, 0.29) is 36.4 Å². The van der Waals surface area contributed by atoms with Crippen LogP contribution >= 0.6 is 11.6 Å². The van der Waals surface area contributed by atoms with Crippen molar-refractivity contribution in [3.05, 3.63) is 148 Å². The standard InChI is InChI=1S/C36H28ClFN6O3/c37-28-12-10-24(11-13-28)35(26-9-8-23-5-1-2-6-25(23)15-26)40-36(46)27-7-3-4-22(14-27)18-43-19-29(41-42-43)20-44-32-17-31(39)30(38)16-33(32)47-21-34(44)45/h1-17,19,35H,18,20-21,39H2,(H,40,46). The molecule has 2 amide bonds. The van der Waals surface area contributed by atoms with Crippen LogP contribution in [-0.2, 0) is 17.9 Å². The first-order chi connectivity index (χ1) is 22.8. The van der Waals surface area contributed by atoms with E-state index in [2.05, 4.69) is 33.8 Å². The van der Waals surface area contributed by atoms with Crippen LogP contribution in [-0.4, -0.2) is 33.4 Å². The van der Waals surface area contributed by atoms with Crippen LogP contribution in [0.1, 0.15) is 38.8 Å². The van der Waals surface area contributed by atoms with Gasteiger partial charge < -0.3 is 15.8 Å². The number of carbonyl (C=O) groups excluding carboxylic acids is 2. The first kappa shape index (κ1) is 29.9. The van der Waals surface area contributed by atoms with Gasteiger partial charge in [0.2, 0.25) is 0 Å². The fourth-order valence-electron chi connectivity index (χ4n) is 5.68.